The lowest BCUT2D eigenvalue weighted by atomic mass is 9.98. The topological polar surface area (TPSA) is 54.3 Å². The molecule has 1 amide bonds. The Labute approximate surface area is 184 Å². The summed E-state index contributed by atoms with van der Waals surface area (Å²) in [5.41, 5.74) is 5.51. The molecule has 1 aliphatic heterocycles. The minimum atomic E-state index is 0.111. The van der Waals surface area contributed by atoms with Crippen LogP contribution in [0, 0.1) is 13.8 Å². The van der Waals surface area contributed by atoms with Crippen molar-refractivity contribution in [2.75, 3.05) is 26.7 Å². The first-order valence-electron chi connectivity index (χ1n) is 11.2. The number of carbonyl (C=O) groups excluding carboxylic acids is 1. The number of hydrogen-bond acceptors (Lipinski definition) is 4. The van der Waals surface area contributed by atoms with Crippen molar-refractivity contribution in [3.63, 3.8) is 0 Å². The van der Waals surface area contributed by atoms with E-state index in [1.807, 2.05) is 23.9 Å². The van der Waals surface area contributed by atoms with E-state index in [4.69, 9.17) is 4.98 Å². The number of aromatic nitrogens is 3. The number of pyridine rings is 1. The Morgan fingerprint density at radius 1 is 1.16 bits per heavy atom. The number of piperazine rings is 1. The third-order valence-electron chi connectivity index (χ3n) is 6.50. The Hall–Kier alpha value is -2.73. The van der Waals surface area contributed by atoms with E-state index in [-0.39, 0.29) is 18.0 Å². The number of fused-ring (bicyclic) bond motifs is 1. The third kappa shape index (κ3) is 4.22. The lowest BCUT2D eigenvalue weighted by molar-refractivity contribution is -0.136. The fourth-order valence-electron chi connectivity index (χ4n) is 4.69. The van der Waals surface area contributed by atoms with Gasteiger partial charge in [0, 0.05) is 43.2 Å². The van der Waals surface area contributed by atoms with E-state index in [1.165, 1.54) is 16.7 Å². The van der Waals surface area contributed by atoms with Gasteiger partial charge in [-0.1, -0.05) is 30.3 Å². The van der Waals surface area contributed by atoms with Gasteiger partial charge in [-0.25, -0.2) is 9.67 Å². The Balaban J connectivity index is 1.54. The molecule has 0 aliphatic carbocycles. The fraction of sp³-hybridized carbons (Fsp3) is 0.480. The van der Waals surface area contributed by atoms with Crippen LogP contribution in [0.5, 0.6) is 0 Å². The van der Waals surface area contributed by atoms with Gasteiger partial charge < -0.3 is 9.80 Å². The van der Waals surface area contributed by atoms with Gasteiger partial charge in [0.25, 0.3) is 0 Å². The van der Waals surface area contributed by atoms with E-state index in [2.05, 4.69) is 67.0 Å². The van der Waals surface area contributed by atoms with Crippen LogP contribution in [-0.4, -0.2) is 57.2 Å². The standard InChI is InChI=1S/C25H33N5O/c1-17(2)30-25-22(15-26-30)18(3)21(19(4)27-25)11-12-24(31)29-14-13-28(5)16-23(29)20-9-7-6-8-10-20/h6-10,15,17,23H,11-14,16H2,1-5H3. The number of carbonyl (C=O) groups is 1. The molecule has 164 valence electrons. The maximum atomic E-state index is 13.3. The summed E-state index contributed by atoms with van der Waals surface area (Å²) < 4.78 is 1.97. The monoisotopic (exact) mass is 419 g/mol. The average molecular weight is 420 g/mol. The van der Waals surface area contributed by atoms with Crippen molar-refractivity contribution in [1.29, 1.82) is 0 Å². The Kier molecular flexibility index (Phi) is 6.10. The van der Waals surface area contributed by atoms with Crippen molar-refractivity contribution in [2.45, 2.75) is 52.6 Å². The molecule has 0 spiro atoms. The molecule has 0 radical (unpaired) electrons. The molecule has 1 fully saturated rings. The zero-order chi connectivity index (χ0) is 22.1. The van der Waals surface area contributed by atoms with Crippen LogP contribution in [-0.2, 0) is 11.2 Å². The van der Waals surface area contributed by atoms with Crippen LogP contribution in [0.15, 0.2) is 36.5 Å². The highest BCUT2D eigenvalue weighted by molar-refractivity contribution is 5.81. The van der Waals surface area contributed by atoms with Crippen LogP contribution in [0.1, 0.15) is 54.7 Å². The van der Waals surface area contributed by atoms with Gasteiger partial charge in [0.2, 0.25) is 5.91 Å². The molecule has 1 saturated heterocycles. The fourth-order valence-corrected chi connectivity index (χ4v) is 4.69. The van der Waals surface area contributed by atoms with Crippen LogP contribution in [0.2, 0.25) is 0 Å². The number of amides is 1. The van der Waals surface area contributed by atoms with Crippen molar-refractivity contribution >= 4 is 16.9 Å². The molecular formula is C25H33N5O. The predicted molar refractivity (Wildman–Crippen MR) is 124 cm³/mol. The van der Waals surface area contributed by atoms with Crippen LogP contribution < -0.4 is 0 Å². The smallest absolute Gasteiger partial charge is 0.223 e. The molecule has 1 atom stereocenters. The number of likely N-dealkylation sites (N-methyl/N-ethyl adjacent to an activating group) is 1. The van der Waals surface area contributed by atoms with Gasteiger partial charge in [0.05, 0.1) is 12.2 Å². The highest BCUT2D eigenvalue weighted by Gasteiger charge is 2.30. The second-order valence-corrected chi connectivity index (χ2v) is 9.00. The van der Waals surface area contributed by atoms with E-state index in [0.717, 1.165) is 36.4 Å². The molecule has 31 heavy (non-hydrogen) atoms. The lowest BCUT2D eigenvalue weighted by Crippen LogP contribution is -2.49. The van der Waals surface area contributed by atoms with E-state index < -0.39 is 0 Å². The molecule has 6 heteroatoms. The van der Waals surface area contributed by atoms with Crippen molar-refractivity contribution in [3.8, 4) is 0 Å². The molecule has 3 heterocycles. The van der Waals surface area contributed by atoms with Crippen molar-refractivity contribution in [1.82, 2.24) is 24.6 Å². The van der Waals surface area contributed by atoms with Gasteiger partial charge in [-0.05, 0) is 57.9 Å². The average Bonchev–Trinajstić information content (AvgIpc) is 3.18. The highest BCUT2D eigenvalue weighted by Crippen LogP contribution is 2.28. The second-order valence-electron chi connectivity index (χ2n) is 9.00. The van der Waals surface area contributed by atoms with Crippen LogP contribution in [0.3, 0.4) is 0 Å². The summed E-state index contributed by atoms with van der Waals surface area (Å²) in [6.45, 7) is 11.0. The minimum Gasteiger partial charge on any atom is -0.333 e. The summed E-state index contributed by atoms with van der Waals surface area (Å²) in [5.74, 6) is 0.221. The van der Waals surface area contributed by atoms with Crippen LogP contribution in [0.4, 0.5) is 0 Å². The first kappa shape index (κ1) is 21.5. The molecule has 0 saturated carbocycles. The van der Waals surface area contributed by atoms with E-state index in [1.54, 1.807) is 0 Å². The summed E-state index contributed by atoms with van der Waals surface area (Å²) >= 11 is 0. The van der Waals surface area contributed by atoms with Crippen molar-refractivity contribution < 1.29 is 4.79 Å². The number of rotatable bonds is 5. The predicted octanol–water partition coefficient (Wildman–Crippen LogP) is 4.08. The largest absolute Gasteiger partial charge is 0.333 e. The van der Waals surface area contributed by atoms with Gasteiger partial charge in [-0.3, -0.25) is 4.79 Å². The number of hydrogen-bond donors (Lipinski definition) is 0. The minimum absolute atomic E-state index is 0.111. The molecule has 0 bridgehead atoms. The summed E-state index contributed by atoms with van der Waals surface area (Å²) in [6, 6.07) is 10.8. The van der Waals surface area contributed by atoms with Crippen molar-refractivity contribution in [2.24, 2.45) is 0 Å². The summed E-state index contributed by atoms with van der Waals surface area (Å²) in [7, 11) is 2.13. The number of aryl methyl sites for hydroxylation is 2. The van der Waals surface area contributed by atoms with Gasteiger partial charge in [0.1, 0.15) is 0 Å². The van der Waals surface area contributed by atoms with Crippen LogP contribution in [0.25, 0.3) is 11.0 Å². The molecule has 1 unspecified atom stereocenters. The lowest BCUT2D eigenvalue weighted by Gasteiger charge is -2.40. The Bertz CT molecular complexity index is 1070. The number of nitrogens with zero attached hydrogens (tertiary/aromatic N) is 5. The molecule has 4 rings (SSSR count). The molecular weight excluding hydrogens is 386 g/mol. The van der Waals surface area contributed by atoms with Gasteiger partial charge in [-0.2, -0.15) is 5.10 Å². The van der Waals surface area contributed by atoms with E-state index in [0.29, 0.717) is 12.8 Å². The van der Waals surface area contributed by atoms with Crippen LogP contribution >= 0.6 is 0 Å². The highest BCUT2D eigenvalue weighted by atomic mass is 16.2. The van der Waals surface area contributed by atoms with E-state index in [9.17, 15) is 4.79 Å². The first-order valence-corrected chi connectivity index (χ1v) is 11.2. The summed E-state index contributed by atoms with van der Waals surface area (Å²) in [4.78, 5) is 22.5. The molecule has 3 aromatic rings. The van der Waals surface area contributed by atoms with E-state index >= 15 is 0 Å². The maximum absolute atomic E-state index is 13.3. The van der Waals surface area contributed by atoms with Crippen molar-refractivity contribution in [3.05, 3.63) is 58.9 Å². The zero-order valence-electron chi connectivity index (χ0n) is 19.3. The molecule has 1 aliphatic rings. The van der Waals surface area contributed by atoms with Gasteiger partial charge >= 0.3 is 0 Å². The third-order valence-corrected chi connectivity index (χ3v) is 6.50. The second kappa shape index (κ2) is 8.79. The molecule has 0 N–H and O–H groups in total. The summed E-state index contributed by atoms with van der Waals surface area (Å²) in [5, 5.41) is 5.62. The number of benzene rings is 1. The zero-order valence-corrected chi connectivity index (χ0v) is 19.3. The Morgan fingerprint density at radius 3 is 2.61 bits per heavy atom. The normalized spacial score (nSPS) is 17.6. The summed E-state index contributed by atoms with van der Waals surface area (Å²) in [6.07, 6.45) is 3.12. The van der Waals surface area contributed by atoms with Gasteiger partial charge in [0.15, 0.2) is 5.65 Å². The van der Waals surface area contributed by atoms with Gasteiger partial charge in [-0.15, -0.1) is 0 Å². The quantitative estimate of drug-likeness (QED) is 0.625. The molecule has 2 aromatic heterocycles. The molecule has 6 nitrogen and oxygen atoms in total. The maximum Gasteiger partial charge on any atom is 0.223 e. The first-order chi connectivity index (χ1) is 14.9. The molecule has 1 aromatic carbocycles. The SMILES string of the molecule is Cc1nc2c(cnn2C(C)C)c(C)c1CCC(=O)N1CCN(C)CC1c1ccccc1. The Morgan fingerprint density at radius 2 is 1.90 bits per heavy atom.